The Hall–Kier alpha value is -0.320. The van der Waals surface area contributed by atoms with E-state index < -0.39 is 0 Å². The third-order valence-electron chi connectivity index (χ3n) is 3.04. The monoisotopic (exact) mass is 387 g/mol. The van der Waals surface area contributed by atoms with Crippen LogP contribution in [0.1, 0.15) is 32.1 Å². The van der Waals surface area contributed by atoms with Crippen LogP contribution in [0.2, 0.25) is 0 Å². The molecule has 0 radical (unpaired) electrons. The van der Waals surface area contributed by atoms with E-state index in [2.05, 4.69) is 64.0 Å². The van der Waals surface area contributed by atoms with Gasteiger partial charge < -0.3 is 9.73 Å². The van der Waals surface area contributed by atoms with Crippen molar-refractivity contribution in [2.75, 3.05) is 6.54 Å². The number of halogens is 2. The molecule has 104 valence electrons. The van der Waals surface area contributed by atoms with Gasteiger partial charge in [0.2, 0.25) is 0 Å². The van der Waals surface area contributed by atoms with E-state index in [1.165, 1.54) is 10.9 Å². The maximum Gasteiger partial charge on any atom is 0.148 e. The Kier molecular flexibility index (Phi) is 5.09. The highest BCUT2D eigenvalue weighted by atomic mass is 79.9. The summed E-state index contributed by atoms with van der Waals surface area (Å²) in [6, 6.07) is 4.18. The minimum absolute atomic E-state index is 0.610. The molecule has 0 amide bonds. The van der Waals surface area contributed by atoms with E-state index in [0.717, 1.165) is 39.8 Å². The summed E-state index contributed by atoms with van der Waals surface area (Å²) in [6.07, 6.45) is 1.04. The van der Waals surface area contributed by atoms with E-state index in [-0.39, 0.29) is 0 Å². The average Bonchev–Trinajstić information content (AvgIpc) is 2.65. The van der Waals surface area contributed by atoms with Crippen LogP contribution in [0, 0.1) is 5.92 Å². The van der Waals surface area contributed by atoms with E-state index in [9.17, 15) is 0 Å². The van der Waals surface area contributed by atoms with Gasteiger partial charge in [-0.05, 0) is 46.9 Å². The number of benzene rings is 1. The highest BCUT2D eigenvalue weighted by Crippen LogP contribution is 2.35. The van der Waals surface area contributed by atoms with Gasteiger partial charge in [-0.25, -0.2) is 0 Å². The second-order valence-electron chi connectivity index (χ2n) is 5.15. The van der Waals surface area contributed by atoms with Crippen LogP contribution in [0.25, 0.3) is 11.0 Å². The predicted molar refractivity (Wildman–Crippen MR) is 87.5 cm³/mol. The summed E-state index contributed by atoms with van der Waals surface area (Å²) >= 11 is 7.14. The van der Waals surface area contributed by atoms with E-state index in [0.29, 0.717) is 5.92 Å². The summed E-state index contributed by atoms with van der Waals surface area (Å²) in [6.45, 7) is 8.32. The number of furan rings is 1. The van der Waals surface area contributed by atoms with Crippen molar-refractivity contribution < 1.29 is 4.42 Å². The van der Waals surface area contributed by atoms with Crippen molar-refractivity contribution in [2.24, 2.45) is 5.92 Å². The Labute approximate surface area is 131 Å². The van der Waals surface area contributed by atoms with Crippen molar-refractivity contribution >= 4 is 42.8 Å². The normalized spacial score (nSPS) is 11.7. The summed E-state index contributed by atoms with van der Waals surface area (Å²) in [5, 5.41) is 4.56. The van der Waals surface area contributed by atoms with Crippen molar-refractivity contribution in [1.82, 2.24) is 5.32 Å². The number of rotatable bonds is 5. The molecule has 1 heterocycles. The fraction of sp³-hybridized carbons (Fsp3) is 0.467. The SMILES string of the molecule is CCNCc1oc2c(Br)cc(Br)cc2c1CC(C)C. The van der Waals surface area contributed by atoms with Crippen LogP contribution >= 0.6 is 31.9 Å². The standard InChI is InChI=1S/C15H19Br2NO/c1-4-18-8-14-11(5-9(2)3)12-6-10(16)7-13(17)15(12)19-14/h6-7,9,18H,4-5,8H2,1-3H3. The topological polar surface area (TPSA) is 25.2 Å². The molecule has 0 spiro atoms. The van der Waals surface area contributed by atoms with Gasteiger partial charge in [-0.2, -0.15) is 0 Å². The van der Waals surface area contributed by atoms with Gasteiger partial charge in [-0.3, -0.25) is 0 Å². The zero-order valence-corrected chi connectivity index (χ0v) is 14.7. The highest BCUT2D eigenvalue weighted by molar-refractivity contribution is 9.11. The quantitative estimate of drug-likeness (QED) is 0.754. The molecule has 2 aromatic rings. The largest absolute Gasteiger partial charge is 0.458 e. The molecule has 0 aliphatic carbocycles. The van der Waals surface area contributed by atoms with Crippen LogP contribution in [0.5, 0.6) is 0 Å². The molecule has 1 aromatic heterocycles. The first-order chi connectivity index (χ1) is 9.02. The van der Waals surface area contributed by atoms with Crippen molar-refractivity contribution in [3.63, 3.8) is 0 Å². The molecule has 4 heteroatoms. The van der Waals surface area contributed by atoms with Gasteiger partial charge in [0, 0.05) is 15.4 Å². The molecule has 2 rings (SSSR count). The minimum Gasteiger partial charge on any atom is -0.458 e. The molecule has 2 nitrogen and oxygen atoms in total. The van der Waals surface area contributed by atoms with Gasteiger partial charge in [0.15, 0.2) is 0 Å². The lowest BCUT2D eigenvalue weighted by Crippen LogP contribution is -2.12. The lowest BCUT2D eigenvalue weighted by molar-refractivity contribution is 0.505. The van der Waals surface area contributed by atoms with Crippen LogP contribution in [-0.4, -0.2) is 6.54 Å². The molecule has 0 fully saturated rings. The average molecular weight is 389 g/mol. The first kappa shape index (κ1) is 15.1. The van der Waals surface area contributed by atoms with Gasteiger partial charge in [0.1, 0.15) is 11.3 Å². The van der Waals surface area contributed by atoms with Gasteiger partial charge in [-0.15, -0.1) is 0 Å². The third kappa shape index (κ3) is 3.41. The van der Waals surface area contributed by atoms with Crippen LogP contribution < -0.4 is 5.32 Å². The molecule has 0 aliphatic rings. The lowest BCUT2D eigenvalue weighted by Gasteiger charge is -2.06. The van der Waals surface area contributed by atoms with E-state index in [4.69, 9.17) is 4.42 Å². The Bertz CT molecular complexity index is 575. The lowest BCUT2D eigenvalue weighted by atomic mass is 10.00. The molecule has 1 N–H and O–H groups in total. The molecule has 0 bridgehead atoms. The molecule has 0 unspecified atom stereocenters. The van der Waals surface area contributed by atoms with Crippen molar-refractivity contribution in [2.45, 2.75) is 33.7 Å². The maximum atomic E-state index is 6.06. The van der Waals surface area contributed by atoms with Crippen molar-refractivity contribution in [1.29, 1.82) is 0 Å². The smallest absolute Gasteiger partial charge is 0.148 e. The number of nitrogens with one attached hydrogen (secondary N) is 1. The van der Waals surface area contributed by atoms with Crippen LogP contribution in [-0.2, 0) is 13.0 Å². The summed E-state index contributed by atoms with van der Waals surface area (Å²) in [7, 11) is 0. The van der Waals surface area contributed by atoms with Gasteiger partial charge in [0.25, 0.3) is 0 Å². The van der Waals surface area contributed by atoms with Gasteiger partial charge in [-0.1, -0.05) is 36.7 Å². The first-order valence-electron chi connectivity index (χ1n) is 6.63. The van der Waals surface area contributed by atoms with Gasteiger partial charge in [0.05, 0.1) is 11.0 Å². The van der Waals surface area contributed by atoms with Crippen molar-refractivity contribution in [3.8, 4) is 0 Å². The number of hydrogen-bond acceptors (Lipinski definition) is 2. The molecule has 19 heavy (non-hydrogen) atoms. The van der Waals surface area contributed by atoms with E-state index >= 15 is 0 Å². The summed E-state index contributed by atoms with van der Waals surface area (Å²) < 4.78 is 8.14. The molecule has 0 saturated carbocycles. The molecule has 0 aliphatic heterocycles. The molecule has 1 aromatic carbocycles. The molecular formula is C15H19Br2NO. The molecule has 0 atom stereocenters. The zero-order valence-electron chi connectivity index (χ0n) is 11.5. The Morgan fingerprint density at radius 1 is 1.26 bits per heavy atom. The fourth-order valence-corrected chi connectivity index (χ4v) is 3.54. The molecular weight excluding hydrogens is 370 g/mol. The molecule has 0 saturated heterocycles. The second-order valence-corrected chi connectivity index (χ2v) is 6.92. The predicted octanol–water partition coefficient (Wildman–Crippen LogP) is 5.27. The van der Waals surface area contributed by atoms with Gasteiger partial charge >= 0.3 is 0 Å². The summed E-state index contributed by atoms with van der Waals surface area (Å²) in [4.78, 5) is 0. The third-order valence-corrected chi connectivity index (χ3v) is 4.09. The fourth-order valence-electron chi connectivity index (χ4n) is 2.24. The summed E-state index contributed by atoms with van der Waals surface area (Å²) in [5.41, 5.74) is 2.28. The zero-order chi connectivity index (χ0) is 14.0. The number of hydrogen-bond donors (Lipinski definition) is 1. The number of fused-ring (bicyclic) bond motifs is 1. The van der Waals surface area contributed by atoms with E-state index in [1.807, 2.05) is 6.07 Å². The Balaban J connectivity index is 2.56. The van der Waals surface area contributed by atoms with Crippen LogP contribution in [0.15, 0.2) is 25.5 Å². The highest BCUT2D eigenvalue weighted by Gasteiger charge is 2.17. The maximum absolute atomic E-state index is 6.06. The van der Waals surface area contributed by atoms with E-state index in [1.54, 1.807) is 0 Å². The Morgan fingerprint density at radius 2 is 2.00 bits per heavy atom. The van der Waals surface area contributed by atoms with Crippen LogP contribution in [0.4, 0.5) is 0 Å². The summed E-state index contributed by atoms with van der Waals surface area (Å²) in [5.74, 6) is 1.67. The first-order valence-corrected chi connectivity index (χ1v) is 8.21. The minimum atomic E-state index is 0.610. The van der Waals surface area contributed by atoms with Crippen LogP contribution in [0.3, 0.4) is 0 Å². The van der Waals surface area contributed by atoms with Crippen molar-refractivity contribution in [3.05, 3.63) is 32.4 Å². The Morgan fingerprint density at radius 3 is 2.63 bits per heavy atom. The second kappa shape index (κ2) is 6.42.